The summed E-state index contributed by atoms with van der Waals surface area (Å²) in [5.41, 5.74) is 0. The van der Waals surface area contributed by atoms with Gasteiger partial charge < -0.3 is 10.2 Å². The molecule has 74 valence electrons. The van der Waals surface area contributed by atoms with Gasteiger partial charge in [-0.25, -0.2) is 0 Å². The molecule has 0 aliphatic heterocycles. The van der Waals surface area contributed by atoms with Crippen LogP contribution in [-0.4, -0.2) is 50.5 Å². The van der Waals surface area contributed by atoms with Crippen LogP contribution in [-0.2, 0) is 4.79 Å². The third-order valence-electron chi connectivity index (χ3n) is 1.70. The van der Waals surface area contributed by atoms with E-state index in [2.05, 4.69) is 5.32 Å². The minimum Gasteiger partial charge on any atom is -0.343 e. The van der Waals surface area contributed by atoms with E-state index in [0.29, 0.717) is 13.8 Å². The monoisotopic (exact) mass is 184 g/mol. The SMILES string of the molecule is CBC(=O)N(CCNC)CC(C)=O. The van der Waals surface area contributed by atoms with Crippen molar-refractivity contribution in [3.8, 4) is 0 Å². The molecule has 0 aliphatic rings. The van der Waals surface area contributed by atoms with Crippen LogP contribution in [0.5, 0.6) is 0 Å². The Kier molecular flexibility index (Phi) is 6.23. The van der Waals surface area contributed by atoms with Crippen LogP contribution in [0.25, 0.3) is 0 Å². The fraction of sp³-hybridized carbons (Fsp3) is 0.750. The van der Waals surface area contributed by atoms with E-state index in [1.54, 1.807) is 11.7 Å². The van der Waals surface area contributed by atoms with Gasteiger partial charge in [0, 0.05) is 13.1 Å². The fourth-order valence-corrected chi connectivity index (χ4v) is 1.03. The van der Waals surface area contributed by atoms with Gasteiger partial charge in [0.25, 0.3) is 0 Å². The Morgan fingerprint density at radius 2 is 2.08 bits per heavy atom. The quantitative estimate of drug-likeness (QED) is 0.576. The molecule has 0 bridgehead atoms. The molecule has 0 aliphatic carbocycles. The van der Waals surface area contributed by atoms with Crippen molar-refractivity contribution in [1.82, 2.24) is 10.2 Å². The van der Waals surface area contributed by atoms with Gasteiger partial charge in [-0.05, 0) is 14.0 Å². The average molecular weight is 184 g/mol. The number of nitrogens with one attached hydrogen (secondary N) is 1. The van der Waals surface area contributed by atoms with Crippen LogP contribution in [0.15, 0.2) is 0 Å². The minimum atomic E-state index is 0.0258. The van der Waals surface area contributed by atoms with Gasteiger partial charge in [-0.15, -0.1) is 0 Å². The van der Waals surface area contributed by atoms with Gasteiger partial charge in [0.1, 0.15) is 5.78 Å². The normalized spacial score (nSPS) is 9.46. The molecule has 0 unspecified atom stereocenters. The molecule has 0 aromatic rings. The zero-order valence-electron chi connectivity index (χ0n) is 8.59. The van der Waals surface area contributed by atoms with E-state index in [9.17, 15) is 9.59 Å². The number of hydrogen-bond donors (Lipinski definition) is 1. The van der Waals surface area contributed by atoms with Gasteiger partial charge in [0.2, 0.25) is 7.28 Å². The van der Waals surface area contributed by atoms with Crippen LogP contribution in [0.4, 0.5) is 4.79 Å². The standard InChI is InChI=1S/C8H17BN2O2/c1-7(12)6-11(5-4-10-3)8(13)9-2/h9-10H,4-6H2,1-3H3. The summed E-state index contributed by atoms with van der Waals surface area (Å²) in [5.74, 6) is 0.0587. The number of Topliss-reactive ketones (excluding diaryl/α,β-unsaturated/α-hetero) is 1. The number of likely N-dealkylation sites (N-methyl/N-ethyl adjacent to an activating group) is 1. The lowest BCUT2D eigenvalue weighted by atomic mass is 9.80. The summed E-state index contributed by atoms with van der Waals surface area (Å²) in [6.45, 7) is 4.85. The van der Waals surface area contributed by atoms with Gasteiger partial charge >= 0.3 is 0 Å². The number of rotatable bonds is 6. The smallest absolute Gasteiger partial charge is 0.230 e. The molecule has 0 radical (unpaired) electrons. The molecule has 4 nitrogen and oxygen atoms in total. The van der Waals surface area contributed by atoms with Crippen LogP contribution < -0.4 is 5.32 Å². The lowest BCUT2D eigenvalue weighted by Crippen LogP contribution is -2.40. The molecule has 0 aromatic heterocycles. The lowest BCUT2D eigenvalue weighted by Gasteiger charge is -2.20. The third kappa shape index (κ3) is 5.41. The summed E-state index contributed by atoms with van der Waals surface area (Å²) in [5, 5.41) is 2.95. The lowest BCUT2D eigenvalue weighted by molar-refractivity contribution is -0.117. The second kappa shape index (κ2) is 6.66. The first-order chi connectivity index (χ1) is 6.11. The molecule has 0 saturated carbocycles. The van der Waals surface area contributed by atoms with Crippen molar-refractivity contribution in [3.63, 3.8) is 0 Å². The zero-order chi connectivity index (χ0) is 10.3. The average Bonchev–Trinajstić information content (AvgIpc) is 2.10. The van der Waals surface area contributed by atoms with Crippen LogP contribution in [0.2, 0.25) is 6.82 Å². The molecule has 0 heterocycles. The molecule has 1 amide bonds. The maximum absolute atomic E-state index is 11.3. The van der Waals surface area contributed by atoms with Gasteiger partial charge in [-0.1, -0.05) is 6.82 Å². The first-order valence-electron chi connectivity index (χ1n) is 4.53. The van der Waals surface area contributed by atoms with Crippen molar-refractivity contribution in [2.75, 3.05) is 26.7 Å². The molecule has 1 N–H and O–H groups in total. The van der Waals surface area contributed by atoms with Crippen molar-refractivity contribution >= 4 is 18.9 Å². The highest BCUT2D eigenvalue weighted by molar-refractivity contribution is 6.72. The largest absolute Gasteiger partial charge is 0.343 e. The highest BCUT2D eigenvalue weighted by Crippen LogP contribution is 1.90. The maximum atomic E-state index is 11.3. The number of hydrogen-bond acceptors (Lipinski definition) is 3. The first kappa shape index (κ1) is 12.2. The van der Waals surface area contributed by atoms with Crippen molar-refractivity contribution in [2.24, 2.45) is 0 Å². The molecule has 0 fully saturated rings. The summed E-state index contributed by atoms with van der Waals surface area (Å²) in [6, 6.07) is 0. The Bertz CT molecular complexity index is 185. The number of amides is 1. The third-order valence-corrected chi connectivity index (χ3v) is 1.70. The molecule has 13 heavy (non-hydrogen) atoms. The maximum Gasteiger partial charge on any atom is 0.230 e. The molecular formula is C8H17BN2O2. The van der Waals surface area contributed by atoms with Crippen LogP contribution in [0, 0.1) is 0 Å². The van der Waals surface area contributed by atoms with Crippen molar-refractivity contribution in [1.29, 1.82) is 0 Å². The summed E-state index contributed by atoms with van der Waals surface area (Å²) < 4.78 is 0. The van der Waals surface area contributed by atoms with Crippen LogP contribution >= 0.6 is 0 Å². The number of nitrogens with zero attached hydrogens (tertiary/aromatic N) is 1. The molecular weight excluding hydrogens is 167 g/mol. The van der Waals surface area contributed by atoms with Crippen LogP contribution in [0.1, 0.15) is 6.92 Å². The molecule has 0 saturated heterocycles. The summed E-state index contributed by atoms with van der Waals surface area (Å²) >= 11 is 0. The number of carbonyl (C=O) groups excluding carboxylic acids is 2. The molecule has 0 rings (SSSR count). The number of carbonyl (C=O) groups is 2. The van der Waals surface area contributed by atoms with E-state index in [-0.39, 0.29) is 18.1 Å². The Labute approximate surface area is 79.9 Å². The van der Waals surface area contributed by atoms with Gasteiger partial charge in [0.15, 0.2) is 5.81 Å². The highest BCUT2D eigenvalue weighted by Gasteiger charge is 2.12. The van der Waals surface area contributed by atoms with E-state index in [4.69, 9.17) is 0 Å². The zero-order valence-corrected chi connectivity index (χ0v) is 8.59. The van der Waals surface area contributed by atoms with E-state index in [0.717, 1.165) is 6.54 Å². The van der Waals surface area contributed by atoms with Crippen molar-refractivity contribution in [2.45, 2.75) is 13.7 Å². The topological polar surface area (TPSA) is 49.4 Å². The Balaban J connectivity index is 4.02. The van der Waals surface area contributed by atoms with Crippen molar-refractivity contribution in [3.05, 3.63) is 0 Å². The second-order valence-corrected chi connectivity index (χ2v) is 2.97. The van der Waals surface area contributed by atoms with Gasteiger partial charge in [0.05, 0.1) is 6.54 Å². The van der Waals surface area contributed by atoms with E-state index in [1.165, 1.54) is 6.92 Å². The summed E-state index contributed by atoms with van der Waals surface area (Å²) in [6.07, 6.45) is 0. The van der Waals surface area contributed by atoms with Gasteiger partial charge in [-0.2, -0.15) is 0 Å². The Hall–Kier alpha value is -0.835. The fourth-order valence-electron chi connectivity index (χ4n) is 1.03. The van der Waals surface area contributed by atoms with E-state index < -0.39 is 0 Å². The van der Waals surface area contributed by atoms with E-state index >= 15 is 0 Å². The molecule has 5 heteroatoms. The predicted octanol–water partition coefficient (Wildman–Crippen LogP) is -0.299. The van der Waals surface area contributed by atoms with Crippen molar-refractivity contribution < 1.29 is 9.59 Å². The minimum absolute atomic E-state index is 0.0258. The van der Waals surface area contributed by atoms with Gasteiger partial charge in [-0.3, -0.25) is 9.59 Å². The predicted molar refractivity (Wildman–Crippen MR) is 54.6 cm³/mol. The summed E-state index contributed by atoms with van der Waals surface area (Å²) in [7, 11) is 2.28. The summed E-state index contributed by atoms with van der Waals surface area (Å²) in [4.78, 5) is 23.7. The second-order valence-electron chi connectivity index (χ2n) is 2.97. The first-order valence-corrected chi connectivity index (χ1v) is 4.53. The Morgan fingerprint density at radius 1 is 1.46 bits per heavy atom. The molecule has 0 atom stereocenters. The Morgan fingerprint density at radius 3 is 2.46 bits per heavy atom. The molecule has 0 spiro atoms. The van der Waals surface area contributed by atoms with Crippen LogP contribution in [0.3, 0.4) is 0 Å². The number of ketones is 1. The molecule has 0 aromatic carbocycles. The van der Waals surface area contributed by atoms with E-state index in [1.807, 2.05) is 7.05 Å². The highest BCUT2D eigenvalue weighted by atomic mass is 16.2.